The van der Waals surface area contributed by atoms with Gasteiger partial charge in [0.05, 0.1) is 12.7 Å². The smallest absolute Gasteiger partial charge is 0.251 e. The second kappa shape index (κ2) is 10.3. The first-order chi connectivity index (χ1) is 15.6. The highest BCUT2D eigenvalue weighted by molar-refractivity contribution is 5.96. The van der Waals surface area contributed by atoms with Gasteiger partial charge in [-0.3, -0.25) is 14.5 Å². The van der Waals surface area contributed by atoms with Crippen molar-refractivity contribution in [3.63, 3.8) is 0 Å². The molecule has 32 heavy (non-hydrogen) atoms. The molecule has 1 fully saturated rings. The zero-order chi connectivity index (χ0) is 22.5. The van der Waals surface area contributed by atoms with Crippen molar-refractivity contribution in [3.05, 3.63) is 64.7 Å². The summed E-state index contributed by atoms with van der Waals surface area (Å²) in [5.41, 5.74) is 5.16. The Morgan fingerprint density at radius 1 is 1.03 bits per heavy atom. The van der Waals surface area contributed by atoms with E-state index in [1.54, 1.807) is 7.05 Å². The number of hydrogen-bond donors (Lipinski definition) is 1. The number of piperazine rings is 1. The topological polar surface area (TPSA) is 61.9 Å². The summed E-state index contributed by atoms with van der Waals surface area (Å²) in [6, 6.07) is 14.0. The molecule has 2 aromatic rings. The zero-order valence-electron chi connectivity index (χ0n) is 19.1. The van der Waals surface area contributed by atoms with Gasteiger partial charge in [-0.05, 0) is 60.4 Å². The number of nitrogens with one attached hydrogen (secondary N) is 1. The standard InChI is InChI=1S/C26H33N3O3/c1-3-24(30)19-4-7-22(8-5-19)29-15-13-28(14-16-29)12-10-25-23-9-6-21(26(31)27-2)18-20(23)11-17-32-25/h4-9,18,25H,3,10-17H2,1-2H3,(H,27,31)/t25-/m0/s1. The van der Waals surface area contributed by atoms with E-state index in [9.17, 15) is 9.59 Å². The molecule has 6 heteroatoms. The third-order valence-electron chi connectivity index (χ3n) is 6.62. The lowest BCUT2D eigenvalue weighted by molar-refractivity contribution is 0.0288. The number of carbonyl (C=O) groups excluding carboxylic acids is 2. The summed E-state index contributed by atoms with van der Waals surface area (Å²) in [7, 11) is 1.66. The molecule has 0 radical (unpaired) electrons. The summed E-state index contributed by atoms with van der Waals surface area (Å²) in [4.78, 5) is 28.7. The minimum absolute atomic E-state index is 0.0414. The summed E-state index contributed by atoms with van der Waals surface area (Å²) >= 11 is 0. The van der Waals surface area contributed by atoms with E-state index in [0.29, 0.717) is 13.0 Å². The highest BCUT2D eigenvalue weighted by Gasteiger charge is 2.24. The number of hydrogen-bond acceptors (Lipinski definition) is 5. The van der Waals surface area contributed by atoms with Crippen LogP contribution in [-0.4, -0.2) is 63.0 Å². The highest BCUT2D eigenvalue weighted by Crippen LogP contribution is 2.31. The molecule has 0 unspecified atom stereocenters. The van der Waals surface area contributed by atoms with E-state index in [1.165, 1.54) is 16.8 Å². The molecule has 170 valence electrons. The average Bonchev–Trinajstić information content (AvgIpc) is 2.86. The maximum absolute atomic E-state index is 11.9. The van der Waals surface area contributed by atoms with Gasteiger partial charge in [0.25, 0.3) is 5.91 Å². The molecule has 0 aliphatic carbocycles. The van der Waals surface area contributed by atoms with Gasteiger partial charge in [0.1, 0.15) is 0 Å². The van der Waals surface area contributed by atoms with Crippen LogP contribution in [-0.2, 0) is 11.2 Å². The van der Waals surface area contributed by atoms with Gasteiger partial charge in [-0.1, -0.05) is 13.0 Å². The van der Waals surface area contributed by atoms with Gasteiger partial charge in [-0.25, -0.2) is 0 Å². The quantitative estimate of drug-likeness (QED) is 0.675. The van der Waals surface area contributed by atoms with Crippen molar-refractivity contribution in [2.45, 2.75) is 32.3 Å². The third kappa shape index (κ3) is 5.03. The van der Waals surface area contributed by atoms with Gasteiger partial charge in [-0.2, -0.15) is 0 Å². The minimum Gasteiger partial charge on any atom is -0.373 e. The molecule has 0 aromatic heterocycles. The Hall–Kier alpha value is -2.70. The lowest BCUT2D eigenvalue weighted by Crippen LogP contribution is -2.47. The molecule has 0 saturated carbocycles. The fourth-order valence-corrected chi connectivity index (χ4v) is 4.65. The number of Topliss-reactive ketones (excluding diaryl/α,β-unsaturated/α-hetero) is 1. The fourth-order valence-electron chi connectivity index (χ4n) is 4.65. The van der Waals surface area contributed by atoms with Gasteiger partial charge < -0.3 is 15.0 Å². The highest BCUT2D eigenvalue weighted by atomic mass is 16.5. The molecular weight excluding hydrogens is 402 g/mol. The Labute approximate surface area is 190 Å². The predicted octanol–water partition coefficient (Wildman–Crippen LogP) is 3.47. The fraction of sp³-hybridized carbons (Fsp3) is 0.462. The van der Waals surface area contributed by atoms with Gasteiger partial charge in [0, 0.05) is 63.0 Å². The van der Waals surface area contributed by atoms with E-state index >= 15 is 0 Å². The number of anilines is 1. The monoisotopic (exact) mass is 435 g/mol. The molecular formula is C26H33N3O3. The van der Waals surface area contributed by atoms with E-state index in [-0.39, 0.29) is 17.8 Å². The van der Waals surface area contributed by atoms with Gasteiger partial charge in [0.15, 0.2) is 5.78 Å². The summed E-state index contributed by atoms with van der Waals surface area (Å²) in [5.74, 6) is 0.151. The van der Waals surface area contributed by atoms with Crippen LogP contribution in [0.3, 0.4) is 0 Å². The Kier molecular flexibility index (Phi) is 7.22. The summed E-state index contributed by atoms with van der Waals surface area (Å²) in [6.45, 7) is 7.61. The Bertz CT molecular complexity index is 949. The summed E-state index contributed by atoms with van der Waals surface area (Å²) in [5, 5.41) is 2.70. The lowest BCUT2D eigenvalue weighted by atomic mass is 9.93. The number of ether oxygens (including phenoxy) is 1. The Morgan fingerprint density at radius 3 is 2.44 bits per heavy atom. The van der Waals surface area contributed by atoms with Crippen LogP contribution >= 0.6 is 0 Å². The number of carbonyl (C=O) groups is 2. The van der Waals surface area contributed by atoms with E-state index in [0.717, 1.165) is 56.7 Å². The Morgan fingerprint density at radius 2 is 1.75 bits per heavy atom. The molecule has 1 N–H and O–H groups in total. The van der Waals surface area contributed by atoms with Crippen LogP contribution in [0.5, 0.6) is 0 Å². The van der Waals surface area contributed by atoms with Crippen molar-refractivity contribution < 1.29 is 14.3 Å². The first-order valence-corrected chi connectivity index (χ1v) is 11.7. The first kappa shape index (κ1) is 22.5. The normalized spacial score (nSPS) is 18.8. The number of ketones is 1. The second-order valence-corrected chi connectivity index (χ2v) is 8.54. The molecule has 2 aliphatic heterocycles. The number of benzene rings is 2. The van der Waals surface area contributed by atoms with Gasteiger partial charge in [-0.15, -0.1) is 0 Å². The number of rotatable bonds is 7. The zero-order valence-corrected chi connectivity index (χ0v) is 19.1. The molecule has 0 bridgehead atoms. The van der Waals surface area contributed by atoms with Crippen LogP contribution in [0.25, 0.3) is 0 Å². The van der Waals surface area contributed by atoms with Crippen molar-refractivity contribution in [3.8, 4) is 0 Å². The predicted molar refractivity (Wildman–Crippen MR) is 127 cm³/mol. The molecule has 2 aliphatic rings. The van der Waals surface area contributed by atoms with E-state index in [2.05, 4.69) is 33.3 Å². The van der Waals surface area contributed by atoms with E-state index < -0.39 is 0 Å². The van der Waals surface area contributed by atoms with Crippen molar-refractivity contribution in [2.75, 3.05) is 51.3 Å². The van der Waals surface area contributed by atoms with Crippen molar-refractivity contribution in [2.24, 2.45) is 0 Å². The Balaban J connectivity index is 1.29. The second-order valence-electron chi connectivity index (χ2n) is 8.54. The molecule has 2 aromatic carbocycles. The lowest BCUT2D eigenvalue weighted by Gasteiger charge is -2.37. The summed E-state index contributed by atoms with van der Waals surface area (Å²) < 4.78 is 6.09. The van der Waals surface area contributed by atoms with Crippen molar-refractivity contribution in [1.29, 1.82) is 0 Å². The minimum atomic E-state index is -0.0414. The van der Waals surface area contributed by atoms with Gasteiger partial charge >= 0.3 is 0 Å². The van der Waals surface area contributed by atoms with Crippen LogP contribution in [0.15, 0.2) is 42.5 Å². The first-order valence-electron chi connectivity index (χ1n) is 11.7. The van der Waals surface area contributed by atoms with Crippen LogP contribution < -0.4 is 10.2 Å². The maximum atomic E-state index is 11.9. The van der Waals surface area contributed by atoms with Crippen LogP contribution in [0.4, 0.5) is 5.69 Å². The molecule has 4 rings (SSSR count). The largest absolute Gasteiger partial charge is 0.373 e. The van der Waals surface area contributed by atoms with Gasteiger partial charge in [0.2, 0.25) is 0 Å². The van der Waals surface area contributed by atoms with Crippen molar-refractivity contribution >= 4 is 17.4 Å². The SMILES string of the molecule is CCC(=O)c1ccc(N2CCN(CC[C@@H]3OCCc4cc(C(=O)NC)ccc43)CC2)cc1. The number of nitrogens with zero attached hydrogens (tertiary/aromatic N) is 2. The summed E-state index contributed by atoms with van der Waals surface area (Å²) in [6.07, 6.45) is 2.46. The van der Waals surface area contributed by atoms with E-state index in [4.69, 9.17) is 4.74 Å². The maximum Gasteiger partial charge on any atom is 0.251 e. The third-order valence-corrected chi connectivity index (χ3v) is 6.62. The average molecular weight is 436 g/mol. The molecule has 1 amide bonds. The van der Waals surface area contributed by atoms with Crippen LogP contribution in [0, 0.1) is 0 Å². The molecule has 1 atom stereocenters. The van der Waals surface area contributed by atoms with E-state index in [1.807, 2.05) is 31.2 Å². The molecule has 1 saturated heterocycles. The number of fused-ring (bicyclic) bond motifs is 1. The molecule has 2 heterocycles. The molecule has 6 nitrogen and oxygen atoms in total. The molecule has 0 spiro atoms. The number of amides is 1. The van der Waals surface area contributed by atoms with Crippen LogP contribution in [0.2, 0.25) is 0 Å². The van der Waals surface area contributed by atoms with Crippen LogP contribution in [0.1, 0.15) is 57.7 Å². The van der Waals surface area contributed by atoms with Crippen molar-refractivity contribution in [1.82, 2.24) is 10.2 Å².